The Hall–Kier alpha value is -2.09. The number of pyridine rings is 1. The van der Waals surface area contributed by atoms with E-state index in [0.717, 1.165) is 18.8 Å². The second kappa shape index (κ2) is 4.42. The van der Waals surface area contributed by atoms with Crippen molar-refractivity contribution < 1.29 is 0 Å². The molecule has 0 fully saturated rings. The Morgan fingerprint density at radius 1 is 1.06 bits per heavy atom. The zero-order valence-electron chi connectivity index (χ0n) is 9.58. The number of rotatable bonds is 2. The van der Waals surface area contributed by atoms with Gasteiger partial charge in [-0.2, -0.15) is 0 Å². The number of aromatic nitrogens is 1. The summed E-state index contributed by atoms with van der Waals surface area (Å²) in [6.45, 7) is 1.82. The average Bonchev–Trinajstić information content (AvgIpc) is 2.40. The maximum absolute atomic E-state index is 4.38. The molecule has 1 aromatic heterocycles. The molecule has 1 aromatic carbocycles. The Morgan fingerprint density at radius 2 is 1.94 bits per heavy atom. The van der Waals surface area contributed by atoms with Crippen LogP contribution in [0.2, 0.25) is 0 Å². The van der Waals surface area contributed by atoms with Crippen LogP contribution in [0.1, 0.15) is 11.3 Å². The molecule has 0 atom stereocenters. The summed E-state index contributed by atoms with van der Waals surface area (Å²) in [4.78, 5) is 6.72. The van der Waals surface area contributed by atoms with Crippen LogP contribution >= 0.6 is 0 Å². The van der Waals surface area contributed by atoms with E-state index in [9.17, 15) is 0 Å². The third kappa shape index (κ3) is 2.07. The molecule has 0 aliphatic carbocycles. The lowest BCUT2D eigenvalue weighted by Gasteiger charge is -2.27. The maximum atomic E-state index is 4.38. The first kappa shape index (κ1) is 10.1. The zero-order valence-corrected chi connectivity index (χ0v) is 9.58. The number of hydrogen-bond acceptors (Lipinski definition) is 2. The van der Waals surface area contributed by atoms with Gasteiger partial charge < -0.3 is 4.90 Å². The van der Waals surface area contributed by atoms with E-state index in [-0.39, 0.29) is 0 Å². The van der Waals surface area contributed by atoms with Crippen LogP contribution in [0, 0.1) is 0 Å². The Labute approximate surface area is 101 Å². The summed E-state index contributed by atoms with van der Waals surface area (Å²) >= 11 is 0. The van der Waals surface area contributed by atoms with Crippen molar-refractivity contribution in [3.8, 4) is 0 Å². The number of nitrogens with zero attached hydrogens (tertiary/aromatic N) is 2. The molecular weight excluding hydrogens is 208 g/mol. The lowest BCUT2D eigenvalue weighted by atomic mass is 10.1. The predicted octanol–water partition coefficient (Wildman–Crippen LogP) is 3.12. The fraction of sp³-hybridized carbons (Fsp3) is 0.133. The molecule has 0 spiro atoms. The second-order valence-electron chi connectivity index (χ2n) is 4.16. The van der Waals surface area contributed by atoms with Gasteiger partial charge in [0.2, 0.25) is 0 Å². The summed E-state index contributed by atoms with van der Waals surface area (Å²) in [5, 5.41) is 0. The Balaban J connectivity index is 1.88. The maximum Gasteiger partial charge on any atom is 0.0605 e. The summed E-state index contributed by atoms with van der Waals surface area (Å²) in [7, 11) is 0. The van der Waals surface area contributed by atoms with E-state index in [1.807, 2.05) is 18.3 Å². The molecule has 84 valence electrons. The number of fused-ring (bicyclic) bond motifs is 1. The molecule has 0 bridgehead atoms. The van der Waals surface area contributed by atoms with E-state index in [4.69, 9.17) is 0 Å². The van der Waals surface area contributed by atoms with E-state index in [2.05, 4.69) is 52.4 Å². The minimum Gasteiger partial charge on any atom is -0.361 e. The van der Waals surface area contributed by atoms with Crippen molar-refractivity contribution in [2.24, 2.45) is 0 Å². The molecule has 0 radical (unpaired) electrons. The summed E-state index contributed by atoms with van der Waals surface area (Å²) in [6.07, 6.45) is 6.23. The first-order valence-electron chi connectivity index (χ1n) is 5.84. The summed E-state index contributed by atoms with van der Waals surface area (Å²) in [5.41, 5.74) is 3.69. The van der Waals surface area contributed by atoms with Gasteiger partial charge in [-0.15, -0.1) is 0 Å². The largest absolute Gasteiger partial charge is 0.361 e. The number of para-hydroxylation sites is 1. The lowest BCUT2D eigenvalue weighted by Crippen LogP contribution is -2.25. The van der Waals surface area contributed by atoms with Gasteiger partial charge in [0.15, 0.2) is 0 Å². The van der Waals surface area contributed by atoms with Crippen LogP contribution in [0.25, 0.3) is 6.08 Å². The highest BCUT2D eigenvalue weighted by Gasteiger charge is 2.12. The Morgan fingerprint density at radius 3 is 2.82 bits per heavy atom. The van der Waals surface area contributed by atoms with E-state index in [1.165, 1.54) is 11.3 Å². The normalized spacial score (nSPS) is 13.5. The molecule has 0 saturated heterocycles. The number of hydrogen-bond donors (Lipinski definition) is 0. The quantitative estimate of drug-likeness (QED) is 0.776. The molecule has 2 aromatic rings. The molecular formula is C15H14N2. The Bertz CT molecular complexity index is 532. The highest BCUT2D eigenvalue weighted by atomic mass is 15.1. The minimum absolute atomic E-state index is 0.863. The highest BCUT2D eigenvalue weighted by molar-refractivity contribution is 5.71. The van der Waals surface area contributed by atoms with E-state index in [1.54, 1.807) is 0 Å². The lowest BCUT2D eigenvalue weighted by molar-refractivity contribution is 0.834. The molecule has 0 unspecified atom stereocenters. The van der Waals surface area contributed by atoms with Crippen LogP contribution in [-0.2, 0) is 6.54 Å². The SMILES string of the molecule is C1=Cc2ccccc2N(Cc2ccccn2)C1. The molecule has 2 heteroatoms. The summed E-state index contributed by atoms with van der Waals surface area (Å²) in [5.74, 6) is 0. The van der Waals surface area contributed by atoms with Gasteiger partial charge >= 0.3 is 0 Å². The first-order valence-corrected chi connectivity index (χ1v) is 5.84. The summed E-state index contributed by atoms with van der Waals surface area (Å²) in [6, 6.07) is 14.5. The van der Waals surface area contributed by atoms with Crippen LogP contribution in [-0.4, -0.2) is 11.5 Å². The zero-order chi connectivity index (χ0) is 11.5. The van der Waals surface area contributed by atoms with Gasteiger partial charge in [-0.3, -0.25) is 4.98 Å². The van der Waals surface area contributed by atoms with Crippen molar-refractivity contribution in [2.45, 2.75) is 6.54 Å². The predicted molar refractivity (Wildman–Crippen MR) is 70.8 cm³/mol. The average molecular weight is 222 g/mol. The van der Waals surface area contributed by atoms with Crippen molar-refractivity contribution in [2.75, 3.05) is 11.4 Å². The second-order valence-corrected chi connectivity index (χ2v) is 4.16. The molecule has 3 rings (SSSR count). The van der Waals surface area contributed by atoms with Crippen LogP contribution in [0.15, 0.2) is 54.7 Å². The Kier molecular flexibility index (Phi) is 2.62. The topological polar surface area (TPSA) is 16.1 Å². The molecule has 2 heterocycles. The van der Waals surface area contributed by atoms with Crippen molar-refractivity contribution in [3.63, 3.8) is 0 Å². The van der Waals surface area contributed by atoms with E-state index >= 15 is 0 Å². The third-order valence-corrected chi connectivity index (χ3v) is 2.98. The van der Waals surface area contributed by atoms with Gasteiger partial charge in [0.05, 0.1) is 12.2 Å². The van der Waals surface area contributed by atoms with Gasteiger partial charge in [0, 0.05) is 18.4 Å². The molecule has 1 aliphatic rings. The van der Waals surface area contributed by atoms with Crippen LogP contribution < -0.4 is 4.90 Å². The first-order chi connectivity index (χ1) is 8.43. The van der Waals surface area contributed by atoms with E-state index < -0.39 is 0 Å². The molecule has 0 N–H and O–H groups in total. The smallest absolute Gasteiger partial charge is 0.0605 e. The van der Waals surface area contributed by atoms with Gasteiger partial charge in [-0.25, -0.2) is 0 Å². The minimum atomic E-state index is 0.863. The fourth-order valence-corrected chi connectivity index (χ4v) is 2.16. The van der Waals surface area contributed by atoms with Crippen molar-refractivity contribution in [3.05, 3.63) is 66.0 Å². The standard InChI is InChI=1S/C15H14N2/c1-2-9-15-13(6-1)7-5-11-17(15)12-14-8-3-4-10-16-14/h1-10H,11-12H2. The van der Waals surface area contributed by atoms with Crippen molar-refractivity contribution >= 4 is 11.8 Å². The fourth-order valence-electron chi connectivity index (χ4n) is 2.16. The van der Waals surface area contributed by atoms with Gasteiger partial charge in [0.1, 0.15) is 0 Å². The molecule has 1 aliphatic heterocycles. The van der Waals surface area contributed by atoms with E-state index in [0.29, 0.717) is 0 Å². The summed E-state index contributed by atoms with van der Waals surface area (Å²) < 4.78 is 0. The molecule has 17 heavy (non-hydrogen) atoms. The number of benzene rings is 1. The van der Waals surface area contributed by atoms with Crippen molar-refractivity contribution in [1.29, 1.82) is 0 Å². The molecule has 0 amide bonds. The molecule has 0 saturated carbocycles. The van der Waals surface area contributed by atoms with Gasteiger partial charge in [-0.05, 0) is 23.8 Å². The van der Waals surface area contributed by atoms with Crippen molar-refractivity contribution in [1.82, 2.24) is 4.98 Å². The molecule has 2 nitrogen and oxygen atoms in total. The number of anilines is 1. The van der Waals surface area contributed by atoms with Gasteiger partial charge in [0.25, 0.3) is 0 Å². The van der Waals surface area contributed by atoms with Crippen LogP contribution in [0.4, 0.5) is 5.69 Å². The highest BCUT2D eigenvalue weighted by Crippen LogP contribution is 2.26. The van der Waals surface area contributed by atoms with Crippen LogP contribution in [0.3, 0.4) is 0 Å². The van der Waals surface area contributed by atoms with Gasteiger partial charge in [-0.1, -0.05) is 36.4 Å². The third-order valence-electron chi connectivity index (χ3n) is 2.98. The monoisotopic (exact) mass is 222 g/mol. The van der Waals surface area contributed by atoms with Crippen LogP contribution in [0.5, 0.6) is 0 Å².